The number of aromatic amines is 1. The molecule has 116 valence electrons. The summed E-state index contributed by atoms with van der Waals surface area (Å²) < 4.78 is 2.76. The van der Waals surface area contributed by atoms with Crippen LogP contribution in [-0.2, 0) is 13.1 Å². The maximum absolute atomic E-state index is 12.3. The summed E-state index contributed by atoms with van der Waals surface area (Å²) in [7, 11) is 0. The van der Waals surface area contributed by atoms with Crippen molar-refractivity contribution in [3.63, 3.8) is 0 Å². The molecular formula is C17H16BrN4O+. The van der Waals surface area contributed by atoms with Crippen molar-refractivity contribution in [2.45, 2.75) is 13.1 Å². The van der Waals surface area contributed by atoms with Gasteiger partial charge in [0.15, 0.2) is 12.4 Å². The van der Waals surface area contributed by atoms with Crippen molar-refractivity contribution in [2.75, 3.05) is 0 Å². The van der Waals surface area contributed by atoms with Crippen LogP contribution in [0.4, 0.5) is 0 Å². The van der Waals surface area contributed by atoms with E-state index < -0.39 is 0 Å². The number of nitrogens with one attached hydrogen (secondary N) is 2. The number of pyridine rings is 1. The van der Waals surface area contributed by atoms with E-state index in [1.165, 1.54) is 0 Å². The van der Waals surface area contributed by atoms with Crippen molar-refractivity contribution in [2.24, 2.45) is 0 Å². The molecule has 2 N–H and O–H groups in total. The van der Waals surface area contributed by atoms with E-state index in [0.717, 1.165) is 15.6 Å². The van der Waals surface area contributed by atoms with Crippen LogP contribution in [0.5, 0.6) is 0 Å². The summed E-state index contributed by atoms with van der Waals surface area (Å²) in [4.78, 5) is 15.2. The third-order valence-corrected chi connectivity index (χ3v) is 3.79. The molecule has 0 aliphatic rings. The summed E-state index contributed by atoms with van der Waals surface area (Å²) in [6.07, 6.45) is 7.32. The number of hydrogen-bond donors (Lipinski definition) is 1. The quantitative estimate of drug-likeness (QED) is 0.748. The minimum absolute atomic E-state index is 0.0821. The van der Waals surface area contributed by atoms with Crippen molar-refractivity contribution in [1.29, 1.82) is 0 Å². The third-order valence-electron chi connectivity index (χ3n) is 3.38. The molecule has 0 saturated heterocycles. The van der Waals surface area contributed by atoms with E-state index in [4.69, 9.17) is 0 Å². The average molecular weight is 372 g/mol. The number of halogens is 1. The lowest BCUT2D eigenvalue weighted by molar-refractivity contribution is -0.378. The average Bonchev–Trinajstić information content (AvgIpc) is 2.99. The Kier molecular flexibility index (Phi) is 4.83. The predicted octanol–water partition coefficient (Wildman–Crippen LogP) is 2.44. The molecule has 2 heterocycles. The van der Waals surface area contributed by atoms with Crippen molar-refractivity contribution >= 4 is 21.8 Å². The first kappa shape index (κ1) is 15.4. The first-order valence-electron chi connectivity index (χ1n) is 7.21. The molecule has 0 radical (unpaired) electrons. The summed E-state index contributed by atoms with van der Waals surface area (Å²) in [5.41, 5.74) is 2.73. The van der Waals surface area contributed by atoms with Crippen molar-refractivity contribution in [3.05, 3.63) is 82.3 Å². The van der Waals surface area contributed by atoms with Gasteiger partial charge in [-0.1, -0.05) is 12.1 Å². The second kappa shape index (κ2) is 7.19. The van der Waals surface area contributed by atoms with Gasteiger partial charge >= 0.3 is 0 Å². The van der Waals surface area contributed by atoms with E-state index in [2.05, 4.69) is 31.3 Å². The second-order valence-electron chi connectivity index (χ2n) is 5.15. The second-order valence-corrected chi connectivity index (χ2v) is 6.06. The molecule has 0 unspecified atom stereocenters. The number of H-pyrrole nitrogens is 1. The number of carbonyl (C=O) groups excluding carboxylic acids is 1. The fraction of sp³-hybridized carbons (Fsp3) is 0.118. The van der Waals surface area contributed by atoms with E-state index in [9.17, 15) is 4.79 Å². The number of amides is 1. The molecule has 1 aromatic carbocycles. The summed E-state index contributed by atoms with van der Waals surface area (Å²) in [6.45, 7) is 1.13. The Morgan fingerprint density at radius 1 is 1.22 bits per heavy atom. The van der Waals surface area contributed by atoms with E-state index in [1.807, 2.05) is 59.7 Å². The predicted molar refractivity (Wildman–Crippen MR) is 89.6 cm³/mol. The van der Waals surface area contributed by atoms with Crippen LogP contribution in [-0.4, -0.2) is 15.7 Å². The lowest BCUT2D eigenvalue weighted by atomic mass is 10.1. The van der Waals surface area contributed by atoms with Crippen LogP contribution >= 0.6 is 15.9 Å². The number of rotatable bonds is 5. The normalized spacial score (nSPS) is 10.5. The van der Waals surface area contributed by atoms with Crippen LogP contribution < -0.4 is 10.3 Å². The zero-order valence-corrected chi connectivity index (χ0v) is 14.0. The van der Waals surface area contributed by atoms with Gasteiger partial charge in [0.1, 0.15) is 0 Å². The highest BCUT2D eigenvalue weighted by Crippen LogP contribution is 2.11. The van der Waals surface area contributed by atoms with Gasteiger partial charge in [-0.3, -0.25) is 9.48 Å². The van der Waals surface area contributed by atoms with Gasteiger partial charge in [-0.05, 0) is 39.2 Å². The van der Waals surface area contributed by atoms with Gasteiger partial charge in [0.05, 0.1) is 17.2 Å². The van der Waals surface area contributed by atoms with E-state index in [-0.39, 0.29) is 5.91 Å². The minimum Gasteiger partial charge on any atom is -0.348 e. The fourth-order valence-corrected chi connectivity index (χ4v) is 2.57. The number of aromatic nitrogens is 3. The van der Waals surface area contributed by atoms with E-state index >= 15 is 0 Å². The molecule has 0 aliphatic carbocycles. The largest absolute Gasteiger partial charge is 0.348 e. The Morgan fingerprint density at radius 2 is 2.04 bits per heavy atom. The molecule has 3 rings (SSSR count). The van der Waals surface area contributed by atoms with Crippen LogP contribution in [0.2, 0.25) is 0 Å². The molecule has 0 fully saturated rings. The van der Waals surface area contributed by atoms with Gasteiger partial charge in [-0.15, -0.1) is 0 Å². The lowest BCUT2D eigenvalue weighted by Gasteiger charge is -2.07. The van der Waals surface area contributed by atoms with Crippen molar-refractivity contribution < 1.29 is 9.78 Å². The van der Waals surface area contributed by atoms with Crippen LogP contribution in [0, 0.1) is 0 Å². The lowest BCUT2D eigenvalue weighted by Crippen LogP contribution is -2.23. The highest BCUT2D eigenvalue weighted by Gasteiger charge is 2.07. The molecular weight excluding hydrogens is 356 g/mol. The maximum atomic E-state index is 12.3. The SMILES string of the molecule is O=C(NCc1cc[nH+]cc1)c1cccc(Cn2cc(Br)cn2)c1. The van der Waals surface area contributed by atoms with Crippen LogP contribution in [0.15, 0.2) is 65.7 Å². The standard InChI is InChI=1S/C17H15BrN4O/c18-16-10-21-22(12-16)11-14-2-1-3-15(8-14)17(23)20-9-13-4-6-19-7-5-13/h1-8,10,12H,9,11H2,(H,20,23)/p+1. The fourth-order valence-electron chi connectivity index (χ4n) is 2.25. The Balaban J connectivity index is 1.65. The van der Waals surface area contributed by atoms with Gasteiger partial charge in [0.2, 0.25) is 0 Å². The number of nitrogens with zero attached hydrogens (tertiary/aromatic N) is 2. The summed E-state index contributed by atoms with van der Waals surface area (Å²) in [5.74, 6) is -0.0821. The molecule has 23 heavy (non-hydrogen) atoms. The van der Waals surface area contributed by atoms with Gasteiger partial charge in [0, 0.05) is 30.4 Å². The van der Waals surface area contributed by atoms with E-state index in [0.29, 0.717) is 18.7 Å². The number of benzene rings is 1. The first-order chi connectivity index (χ1) is 11.2. The van der Waals surface area contributed by atoms with Gasteiger partial charge in [0.25, 0.3) is 5.91 Å². The Hall–Kier alpha value is -2.47. The Morgan fingerprint density at radius 3 is 2.78 bits per heavy atom. The molecule has 0 atom stereocenters. The van der Waals surface area contributed by atoms with Crippen LogP contribution in [0.25, 0.3) is 0 Å². The molecule has 0 bridgehead atoms. The summed E-state index contributed by atoms with van der Waals surface area (Å²) >= 11 is 3.38. The van der Waals surface area contributed by atoms with Crippen LogP contribution in [0.3, 0.4) is 0 Å². The Bertz CT molecular complexity index is 801. The smallest absolute Gasteiger partial charge is 0.251 e. The topological polar surface area (TPSA) is 61.1 Å². The maximum Gasteiger partial charge on any atom is 0.251 e. The molecule has 0 aliphatic heterocycles. The highest BCUT2D eigenvalue weighted by molar-refractivity contribution is 9.10. The first-order valence-corrected chi connectivity index (χ1v) is 8.00. The monoisotopic (exact) mass is 371 g/mol. The number of carbonyl (C=O) groups is 1. The zero-order valence-electron chi connectivity index (χ0n) is 12.4. The highest BCUT2D eigenvalue weighted by atomic mass is 79.9. The molecule has 0 spiro atoms. The minimum atomic E-state index is -0.0821. The van der Waals surface area contributed by atoms with Crippen molar-refractivity contribution in [1.82, 2.24) is 15.1 Å². The van der Waals surface area contributed by atoms with Gasteiger partial charge in [-0.2, -0.15) is 5.10 Å². The molecule has 2 aromatic heterocycles. The van der Waals surface area contributed by atoms with E-state index in [1.54, 1.807) is 6.20 Å². The molecule has 5 nitrogen and oxygen atoms in total. The molecule has 6 heteroatoms. The van der Waals surface area contributed by atoms with Crippen LogP contribution in [0.1, 0.15) is 21.5 Å². The summed E-state index contributed by atoms with van der Waals surface area (Å²) in [5, 5.41) is 7.16. The summed E-state index contributed by atoms with van der Waals surface area (Å²) in [6, 6.07) is 11.5. The zero-order chi connectivity index (χ0) is 16.1. The third kappa shape index (κ3) is 4.26. The molecule has 0 saturated carbocycles. The van der Waals surface area contributed by atoms with Crippen molar-refractivity contribution in [3.8, 4) is 0 Å². The molecule has 1 amide bonds. The molecule has 3 aromatic rings. The Labute approximate surface area is 142 Å². The van der Waals surface area contributed by atoms with Gasteiger partial charge in [-0.25, -0.2) is 4.98 Å². The number of hydrogen-bond acceptors (Lipinski definition) is 2. The van der Waals surface area contributed by atoms with Gasteiger partial charge < -0.3 is 5.32 Å².